The van der Waals surface area contributed by atoms with E-state index in [1.165, 1.54) is 12.1 Å². The molecule has 7 nitrogen and oxygen atoms in total. The highest BCUT2D eigenvalue weighted by molar-refractivity contribution is 6.21. The van der Waals surface area contributed by atoms with E-state index in [9.17, 15) is 14.4 Å². The van der Waals surface area contributed by atoms with Crippen molar-refractivity contribution in [1.82, 2.24) is 14.8 Å². The van der Waals surface area contributed by atoms with Crippen molar-refractivity contribution in [2.24, 2.45) is 0 Å². The van der Waals surface area contributed by atoms with Crippen molar-refractivity contribution in [3.8, 4) is 0 Å². The Morgan fingerprint density at radius 3 is 2.27 bits per heavy atom. The molecule has 0 N–H and O–H groups in total. The molecule has 0 bridgehead atoms. The number of aryl methyl sites for hydroxylation is 2. The molecule has 0 atom stereocenters. The molecule has 112 valence electrons. The van der Waals surface area contributed by atoms with Gasteiger partial charge in [0.15, 0.2) is 5.69 Å². The van der Waals surface area contributed by atoms with Crippen molar-refractivity contribution in [3.63, 3.8) is 0 Å². The third kappa shape index (κ3) is 2.07. The zero-order valence-electron chi connectivity index (χ0n) is 12.1. The van der Waals surface area contributed by atoms with Gasteiger partial charge >= 0.3 is 5.97 Å². The van der Waals surface area contributed by atoms with Crippen LogP contribution in [0.4, 0.5) is 0 Å². The number of hydrogen-bond donors (Lipinski definition) is 0. The normalized spacial score (nSPS) is 13.5. The van der Waals surface area contributed by atoms with Crippen LogP contribution < -0.4 is 0 Å². The molecule has 1 aliphatic rings. The second-order valence-electron chi connectivity index (χ2n) is 4.82. The maximum Gasteiger partial charge on any atom is 0.384 e. The summed E-state index contributed by atoms with van der Waals surface area (Å²) in [5.74, 6) is -2.15. The number of nitrogens with zero attached hydrogens (tertiary/aromatic N) is 3. The number of hydrogen-bond acceptors (Lipinski definition) is 5. The lowest BCUT2D eigenvalue weighted by atomic mass is 10.1. The van der Waals surface area contributed by atoms with Crippen LogP contribution >= 0.6 is 0 Å². The van der Waals surface area contributed by atoms with Gasteiger partial charge in [-0.25, -0.2) is 4.79 Å². The van der Waals surface area contributed by atoms with Crippen molar-refractivity contribution in [2.75, 3.05) is 0 Å². The van der Waals surface area contributed by atoms with Crippen LogP contribution in [0.3, 0.4) is 0 Å². The van der Waals surface area contributed by atoms with Gasteiger partial charge in [-0.05, 0) is 32.0 Å². The largest absolute Gasteiger partial charge is 0.384 e. The molecule has 2 aromatic rings. The molecule has 2 heterocycles. The number of carbonyl (C=O) groups is 3. The lowest BCUT2D eigenvalue weighted by Gasteiger charge is -2.11. The summed E-state index contributed by atoms with van der Waals surface area (Å²) in [4.78, 5) is 41.2. The zero-order chi connectivity index (χ0) is 15.9. The Morgan fingerprint density at radius 1 is 1.18 bits per heavy atom. The standard InChI is InChI=1S/C15H13N3O4/c1-3-17-9(2)8-12(16-17)15(21)22-18-13(19)10-6-4-5-7-11(10)14(18)20/h4-8H,3H2,1-2H3. The number of fused-ring (bicyclic) bond motifs is 1. The molecule has 0 saturated heterocycles. The predicted octanol–water partition coefficient (Wildman–Crippen LogP) is 1.58. The summed E-state index contributed by atoms with van der Waals surface area (Å²) >= 11 is 0. The molecule has 0 aliphatic carbocycles. The van der Waals surface area contributed by atoms with Crippen LogP contribution in [0.2, 0.25) is 0 Å². The predicted molar refractivity (Wildman–Crippen MR) is 75.0 cm³/mol. The van der Waals surface area contributed by atoms with Gasteiger partial charge in [0.1, 0.15) is 0 Å². The van der Waals surface area contributed by atoms with Gasteiger partial charge in [0.25, 0.3) is 11.8 Å². The number of amides is 2. The van der Waals surface area contributed by atoms with Crippen LogP contribution in [0.25, 0.3) is 0 Å². The van der Waals surface area contributed by atoms with Crippen molar-refractivity contribution >= 4 is 17.8 Å². The summed E-state index contributed by atoms with van der Waals surface area (Å²) in [6.07, 6.45) is 0. The van der Waals surface area contributed by atoms with E-state index in [0.29, 0.717) is 11.6 Å². The first-order valence-electron chi connectivity index (χ1n) is 6.77. The first kappa shape index (κ1) is 14.0. The van der Waals surface area contributed by atoms with E-state index in [1.807, 2.05) is 6.92 Å². The Morgan fingerprint density at radius 2 is 1.77 bits per heavy atom. The van der Waals surface area contributed by atoms with Crippen LogP contribution in [0.15, 0.2) is 30.3 Å². The highest BCUT2D eigenvalue weighted by atomic mass is 16.7. The molecular weight excluding hydrogens is 286 g/mol. The van der Waals surface area contributed by atoms with E-state index in [-0.39, 0.29) is 16.8 Å². The van der Waals surface area contributed by atoms with Crippen molar-refractivity contribution < 1.29 is 19.2 Å². The van der Waals surface area contributed by atoms with Crippen LogP contribution in [0, 0.1) is 6.92 Å². The van der Waals surface area contributed by atoms with Gasteiger partial charge < -0.3 is 4.84 Å². The summed E-state index contributed by atoms with van der Waals surface area (Å²) in [5.41, 5.74) is 1.28. The molecule has 1 aromatic heterocycles. The van der Waals surface area contributed by atoms with Gasteiger partial charge in [0, 0.05) is 12.2 Å². The van der Waals surface area contributed by atoms with Gasteiger partial charge in [0.05, 0.1) is 11.1 Å². The fourth-order valence-corrected chi connectivity index (χ4v) is 2.31. The summed E-state index contributed by atoms with van der Waals surface area (Å²) in [7, 11) is 0. The molecule has 22 heavy (non-hydrogen) atoms. The van der Waals surface area contributed by atoms with E-state index < -0.39 is 17.8 Å². The Labute approximate surface area is 126 Å². The molecule has 1 aromatic carbocycles. The molecular formula is C15H13N3O4. The molecule has 0 radical (unpaired) electrons. The summed E-state index contributed by atoms with van der Waals surface area (Å²) in [5, 5.41) is 4.54. The van der Waals surface area contributed by atoms with Crippen LogP contribution in [-0.4, -0.2) is 32.6 Å². The van der Waals surface area contributed by atoms with Crippen molar-refractivity contribution in [1.29, 1.82) is 0 Å². The van der Waals surface area contributed by atoms with E-state index in [2.05, 4.69) is 5.10 Å². The van der Waals surface area contributed by atoms with E-state index in [1.54, 1.807) is 29.8 Å². The minimum Gasteiger partial charge on any atom is -0.322 e. The van der Waals surface area contributed by atoms with Crippen LogP contribution in [0.5, 0.6) is 0 Å². The minimum atomic E-state index is -0.843. The molecule has 0 saturated carbocycles. The molecule has 1 aliphatic heterocycles. The molecule has 2 amide bonds. The third-order valence-electron chi connectivity index (χ3n) is 3.42. The smallest absolute Gasteiger partial charge is 0.322 e. The molecule has 0 fully saturated rings. The zero-order valence-corrected chi connectivity index (χ0v) is 12.1. The van der Waals surface area contributed by atoms with Crippen LogP contribution in [-0.2, 0) is 11.4 Å². The van der Waals surface area contributed by atoms with Gasteiger partial charge in [-0.3, -0.25) is 14.3 Å². The maximum absolute atomic E-state index is 12.1. The van der Waals surface area contributed by atoms with Crippen molar-refractivity contribution in [2.45, 2.75) is 20.4 Å². The fraction of sp³-hybridized carbons (Fsp3) is 0.200. The average molecular weight is 299 g/mol. The number of aromatic nitrogens is 2. The Kier molecular flexibility index (Phi) is 3.25. The number of rotatable bonds is 3. The fourth-order valence-electron chi connectivity index (χ4n) is 2.31. The maximum atomic E-state index is 12.1. The van der Waals surface area contributed by atoms with E-state index in [4.69, 9.17) is 4.84 Å². The topological polar surface area (TPSA) is 81.5 Å². The van der Waals surface area contributed by atoms with Gasteiger partial charge in [0.2, 0.25) is 0 Å². The minimum absolute atomic E-state index is 0.0518. The molecule has 7 heteroatoms. The Hall–Kier alpha value is -2.96. The third-order valence-corrected chi connectivity index (χ3v) is 3.42. The number of hydroxylamine groups is 2. The first-order valence-corrected chi connectivity index (χ1v) is 6.77. The lowest BCUT2D eigenvalue weighted by Crippen LogP contribution is -2.32. The van der Waals surface area contributed by atoms with Gasteiger partial charge in [-0.2, -0.15) is 5.10 Å². The average Bonchev–Trinajstić information content (AvgIpc) is 3.01. The summed E-state index contributed by atoms with van der Waals surface area (Å²) in [6.45, 7) is 4.29. The van der Waals surface area contributed by atoms with Crippen molar-refractivity contribution in [3.05, 3.63) is 52.8 Å². The second kappa shape index (κ2) is 5.10. The quantitative estimate of drug-likeness (QED) is 0.804. The van der Waals surface area contributed by atoms with E-state index >= 15 is 0 Å². The van der Waals surface area contributed by atoms with Gasteiger partial charge in [-0.1, -0.05) is 17.2 Å². The Balaban J connectivity index is 1.83. The summed E-state index contributed by atoms with van der Waals surface area (Å²) < 4.78 is 1.62. The first-order chi connectivity index (χ1) is 10.5. The SMILES string of the molecule is CCn1nc(C(=O)ON2C(=O)c3ccccc3C2=O)cc1C. The van der Waals surface area contributed by atoms with E-state index in [0.717, 1.165) is 5.69 Å². The Bertz CT molecular complexity index is 759. The number of carbonyl (C=O) groups excluding carboxylic acids is 3. The highest BCUT2D eigenvalue weighted by Gasteiger charge is 2.39. The molecule has 0 unspecified atom stereocenters. The second-order valence-corrected chi connectivity index (χ2v) is 4.82. The van der Waals surface area contributed by atoms with Crippen LogP contribution in [0.1, 0.15) is 43.8 Å². The monoisotopic (exact) mass is 299 g/mol. The highest BCUT2D eigenvalue weighted by Crippen LogP contribution is 2.23. The number of benzene rings is 1. The summed E-state index contributed by atoms with van der Waals surface area (Å²) in [6, 6.07) is 7.85. The number of imide groups is 1. The lowest BCUT2D eigenvalue weighted by molar-refractivity contribution is -0.0588. The molecule has 0 spiro atoms. The molecule has 3 rings (SSSR count). The van der Waals surface area contributed by atoms with Gasteiger partial charge in [-0.15, -0.1) is 0 Å².